The van der Waals surface area contributed by atoms with Crippen LogP contribution in [0.1, 0.15) is 23.6 Å². The molecule has 1 aliphatic rings. The molecule has 36 heavy (non-hydrogen) atoms. The van der Waals surface area contributed by atoms with Gasteiger partial charge in [0.1, 0.15) is 5.82 Å². The SMILES string of the molecule is COc1ccc(-c2csc(N3N=C(c4cccc([N+](=O)[O-])c4)CC3c3ccc(F)cc3)n2)cc1OC. The van der Waals surface area contributed by atoms with Crippen LogP contribution in [0.5, 0.6) is 11.5 Å². The molecule has 0 spiro atoms. The van der Waals surface area contributed by atoms with E-state index in [-0.39, 0.29) is 17.5 Å². The quantitative estimate of drug-likeness (QED) is 0.219. The van der Waals surface area contributed by atoms with Crippen LogP contribution in [0, 0.1) is 15.9 Å². The van der Waals surface area contributed by atoms with Crippen molar-refractivity contribution in [2.75, 3.05) is 19.2 Å². The number of nitro benzene ring substituents is 1. The van der Waals surface area contributed by atoms with E-state index in [1.165, 1.54) is 35.6 Å². The predicted molar refractivity (Wildman–Crippen MR) is 137 cm³/mol. The number of hydrogen-bond donors (Lipinski definition) is 0. The molecule has 5 rings (SSSR count). The van der Waals surface area contributed by atoms with E-state index in [4.69, 9.17) is 19.6 Å². The summed E-state index contributed by atoms with van der Waals surface area (Å²) >= 11 is 1.43. The molecule has 0 N–H and O–H groups in total. The summed E-state index contributed by atoms with van der Waals surface area (Å²) in [6, 6.07) is 18.0. The van der Waals surface area contributed by atoms with Gasteiger partial charge < -0.3 is 9.47 Å². The Morgan fingerprint density at radius 2 is 1.81 bits per heavy atom. The highest BCUT2D eigenvalue weighted by atomic mass is 32.1. The molecule has 1 aromatic heterocycles. The number of benzene rings is 3. The number of non-ortho nitro benzene ring substituents is 1. The van der Waals surface area contributed by atoms with Crippen molar-refractivity contribution in [1.29, 1.82) is 0 Å². The molecule has 10 heteroatoms. The third-order valence-corrected chi connectivity index (χ3v) is 6.75. The van der Waals surface area contributed by atoms with Crippen molar-refractivity contribution in [1.82, 2.24) is 4.98 Å². The van der Waals surface area contributed by atoms with Crippen molar-refractivity contribution in [3.63, 3.8) is 0 Å². The van der Waals surface area contributed by atoms with E-state index < -0.39 is 4.92 Å². The van der Waals surface area contributed by atoms with E-state index in [9.17, 15) is 14.5 Å². The van der Waals surface area contributed by atoms with Crippen molar-refractivity contribution in [3.8, 4) is 22.8 Å². The Morgan fingerprint density at radius 1 is 1.03 bits per heavy atom. The molecule has 1 aliphatic heterocycles. The molecule has 8 nitrogen and oxygen atoms in total. The van der Waals surface area contributed by atoms with E-state index in [2.05, 4.69) is 0 Å². The maximum absolute atomic E-state index is 13.6. The monoisotopic (exact) mass is 504 g/mol. The lowest BCUT2D eigenvalue weighted by Gasteiger charge is -2.21. The van der Waals surface area contributed by atoms with Gasteiger partial charge in [-0.05, 0) is 35.9 Å². The van der Waals surface area contributed by atoms with Gasteiger partial charge in [0.05, 0.1) is 36.6 Å². The third-order valence-electron chi connectivity index (χ3n) is 5.92. The van der Waals surface area contributed by atoms with E-state index in [1.54, 1.807) is 43.5 Å². The van der Waals surface area contributed by atoms with Crippen molar-refractivity contribution in [3.05, 3.63) is 99.2 Å². The molecule has 2 heterocycles. The fourth-order valence-electron chi connectivity index (χ4n) is 4.10. The standard InChI is InChI=1S/C26H21FN4O4S/c1-34-24-11-8-18(13-25(24)35-2)22-15-36-26(28-22)30-23(16-6-9-19(27)10-7-16)14-21(29-30)17-4-3-5-20(12-17)31(32)33/h3-13,15,23H,14H2,1-2H3. The van der Waals surface area contributed by atoms with Gasteiger partial charge in [0.15, 0.2) is 11.5 Å². The van der Waals surface area contributed by atoms with Crippen molar-refractivity contribution < 1.29 is 18.8 Å². The van der Waals surface area contributed by atoms with Gasteiger partial charge in [0.25, 0.3) is 5.69 Å². The summed E-state index contributed by atoms with van der Waals surface area (Å²) in [4.78, 5) is 15.7. The fraction of sp³-hybridized carbons (Fsp3) is 0.154. The molecule has 0 fully saturated rings. The minimum absolute atomic E-state index is 0.00281. The number of hydrazone groups is 1. The predicted octanol–water partition coefficient (Wildman–Crippen LogP) is 6.23. The molecular weight excluding hydrogens is 483 g/mol. The van der Waals surface area contributed by atoms with E-state index in [0.29, 0.717) is 34.3 Å². The highest BCUT2D eigenvalue weighted by Gasteiger charge is 2.32. The zero-order valence-electron chi connectivity index (χ0n) is 19.4. The minimum atomic E-state index is -0.426. The number of thiazole rings is 1. The molecule has 1 atom stereocenters. The zero-order chi connectivity index (χ0) is 25.2. The van der Waals surface area contributed by atoms with E-state index in [1.807, 2.05) is 23.6 Å². The molecular formula is C26H21FN4O4S. The van der Waals surface area contributed by atoms with E-state index >= 15 is 0 Å². The first-order valence-electron chi connectivity index (χ1n) is 11.0. The molecule has 0 aliphatic carbocycles. The van der Waals surface area contributed by atoms with Gasteiger partial charge >= 0.3 is 0 Å². The van der Waals surface area contributed by atoms with Gasteiger partial charge in [-0.2, -0.15) is 5.10 Å². The average Bonchev–Trinajstić information content (AvgIpc) is 3.57. The Bertz CT molecular complexity index is 1450. The van der Waals surface area contributed by atoms with Crippen LogP contribution < -0.4 is 14.5 Å². The van der Waals surface area contributed by atoms with Crippen LogP contribution in [0.3, 0.4) is 0 Å². The van der Waals surface area contributed by atoms with Gasteiger partial charge in [-0.3, -0.25) is 10.1 Å². The number of nitrogens with zero attached hydrogens (tertiary/aromatic N) is 4. The zero-order valence-corrected chi connectivity index (χ0v) is 20.2. The Hall–Kier alpha value is -4.31. The lowest BCUT2D eigenvalue weighted by Crippen LogP contribution is -2.18. The number of anilines is 1. The number of nitro groups is 1. The van der Waals surface area contributed by atoms with Crippen LogP contribution in [0.25, 0.3) is 11.3 Å². The number of halogens is 1. The van der Waals surface area contributed by atoms with Gasteiger partial charge in [0.2, 0.25) is 5.13 Å². The summed E-state index contributed by atoms with van der Waals surface area (Å²) in [6.07, 6.45) is 0.484. The average molecular weight is 505 g/mol. The Morgan fingerprint density at radius 3 is 2.53 bits per heavy atom. The number of ether oxygens (including phenoxy) is 2. The molecule has 0 saturated carbocycles. The summed E-state index contributed by atoms with van der Waals surface area (Å²) in [5, 5.41) is 20.5. The molecule has 0 radical (unpaired) electrons. The van der Waals surface area contributed by atoms with Gasteiger partial charge in [-0.1, -0.05) is 24.3 Å². The first kappa shape index (κ1) is 23.4. The number of methoxy groups -OCH3 is 2. The van der Waals surface area contributed by atoms with Gasteiger partial charge in [-0.15, -0.1) is 11.3 Å². The Kier molecular flexibility index (Phi) is 6.34. The number of aromatic nitrogens is 1. The summed E-state index contributed by atoms with van der Waals surface area (Å²) in [7, 11) is 3.16. The second kappa shape index (κ2) is 9.74. The van der Waals surface area contributed by atoms with Crippen LogP contribution in [-0.2, 0) is 0 Å². The Balaban J connectivity index is 1.53. The summed E-state index contributed by atoms with van der Waals surface area (Å²) < 4.78 is 24.4. The largest absolute Gasteiger partial charge is 0.493 e. The van der Waals surface area contributed by atoms with E-state index in [0.717, 1.165) is 16.8 Å². The summed E-state index contributed by atoms with van der Waals surface area (Å²) in [5.41, 5.74) is 3.81. The molecule has 0 saturated heterocycles. The van der Waals surface area contributed by atoms with Crippen LogP contribution in [0.2, 0.25) is 0 Å². The molecule has 3 aromatic carbocycles. The maximum atomic E-state index is 13.6. The fourth-order valence-corrected chi connectivity index (χ4v) is 4.94. The molecule has 0 amide bonds. The molecule has 4 aromatic rings. The van der Waals surface area contributed by atoms with Crippen molar-refractivity contribution >= 4 is 27.9 Å². The Labute approximate surface area is 210 Å². The lowest BCUT2D eigenvalue weighted by molar-refractivity contribution is -0.384. The van der Waals surface area contributed by atoms with Crippen LogP contribution in [0.4, 0.5) is 15.2 Å². The van der Waals surface area contributed by atoms with Crippen molar-refractivity contribution in [2.45, 2.75) is 12.5 Å². The second-order valence-electron chi connectivity index (χ2n) is 8.06. The maximum Gasteiger partial charge on any atom is 0.270 e. The molecule has 0 bridgehead atoms. The van der Waals surface area contributed by atoms with Crippen molar-refractivity contribution in [2.24, 2.45) is 5.10 Å². The topological polar surface area (TPSA) is 90.1 Å². The third kappa shape index (κ3) is 4.50. The lowest BCUT2D eigenvalue weighted by atomic mass is 9.98. The normalized spacial score (nSPS) is 15.0. The highest BCUT2D eigenvalue weighted by Crippen LogP contribution is 2.40. The highest BCUT2D eigenvalue weighted by molar-refractivity contribution is 7.14. The smallest absolute Gasteiger partial charge is 0.270 e. The first-order valence-corrected chi connectivity index (χ1v) is 11.9. The van der Waals surface area contributed by atoms with Gasteiger partial charge in [0, 0.05) is 35.1 Å². The van der Waals surface area contributed by atoms with Crippen LogP contribution >= 0.6 is 11.3 Å². The summed E-state index contributed by atoms with van der Waals surface area (Å²) in [5.74, 6) is 0.896. The molecule has 182 valence electrons. The van der Waals surface area contributed by atoms with Gasteiger partial charge in [-0.25, -0.2) is 14.4 Å². The second-order valence-corrected chi connectivity index (χ2v) is 8.89. The number of hydrogen-bond acceptors (Lipinski definition) is 8. The molecule has 1 unspecified atom stereocenters. The summed E-state index contributed by atoms with van der Waals surface area (Å²) in [6.45, 7) is 0. The minimum Gasteiger partial charge on any atom is -0.493 e. The van der Waals surface area contributed by atoms with Crippen LogP contribution in [-0.4, -0.2) is 29.8 Å². The van der Waals surface area contributed by atoms with Crippen LogP contribution in [0.15, 0.2) is 77.2 Å². The number of rotatable bonds is 7. The first-order chi connectivity index (χ1) is 17.5.